The molecule has 2 heterocycles. The van der Waals surface area contributed by atoms with Gasteiger partial charge in [0.1, 0.15) is 5.69 Å². The van der Waals surface area contributed by atoms with Gasteiger partial charge in [0.2, 0.25) is 0 Å². The number of rotatable bonds is 10. The molecule has 0 aliphatic carbocycles. The molecule has 0 radical (unpaired) electrons. The van der Waals surface area contributed by atoms with Gasteiger partial charge in [0.05, 0.1) is 11.3 Å². The molecular formula is C16H25N3OS. The number of thiazole rings is 1. The van der Waals surface area contributed by atoms with Crippen LogP contribution in [-0.2, 0) is 6.42 Å². The molecule has 0 saturated heterocycles. The van der Waals surface area contributed by atoms with Gasteiger partial charge >= 0.3 is 0 Å². The Hall–Kier alpha value is -1.17. The molecule has 116 valence electrons. The number of furan rings is 1. The SMILES string of the molecule is CCN(CC)CCCNCCc1nc(-c2ccco2)cs1. The van der Waals surface area contributed by atoms with Crippen LogP contribution in [0, 0.1) is 0 Å². The summed E-state index contributed by atoms with van der Waals surface area (Å²) in [5.74, 6) is 0.852. The van der Waals surface area contributed by atoms with E-state index in [1.807, 2.05) is 12.1 Å². The second kappa shape index (κ2) is 8.97. The average Bonchev–Trinajstić information content (AvgIpc) is 3.17. The predicted octanol–water partition coefficient (Wildman–Crippen LogP) is 3.27. The van der Waals surface area contributed by atoms with Crippen molar-refractivity contribution in [1.29, 1.82) is 0 Å². The number of nitrogens with one attached hydrogen (secondary N) is 1. The van der Waals surface area contributed by atoms with Gasteiger partial charge in [-0.2, -0.15) is 0 Å². The van der Waals surface area contributed by atoms with Crippen molar-refractivity contribution < 1.29 is 4.42 Å². The lowest BCUT2D eigenvalue weighted by molar-refractivity contribution is 0.298. The molecule has 2 aromatic heterocycles. The third kappa shape index (κ3) is 5.26. The normalized spacial score (nSPS) is 11.4. The van der Waals surface area contributed by atoms with Crippen molar-refractivity contribution >= 4 is 11.3 Å². The van der Waals surface area contributed by atoms with Gasteiger partial charge < -0.3 is 14.6 Å². The van der Waals surface area contributed by atoms with Gasteiger partial charge in [-0.05, 0) is 44.7 Å². The molecule has 5 heteroatoms. The molecule has 0 bridgehead atoms. The summed E-state index contributed by atoms with van der Waals surface area (Å²) in [6.07, 6.45) is 3.87. The van der Waals surface area contributed by atoms with Crippen molar-refractivity contribution in [2.24, 2.45) is 0 Å². The monoisotopic (exact) mass is 307 g/mol. The van der Waals surface area contributed by atoms with Crippen molar-refractivity contribution in [1.82, 2.24) is 15.2 Å². The van der Waals surface area contributed by atoms with E-state index in [9.17, 15) is 0 Å². The maximum absolute atomic E-state index is 5.36. The van der Waals surface area contributed by atoms with E-state index in [0.29, 0.717) is 0 Å². The Labute approximate surface area is 131 Å². The van der Waals surface area contributed by atoms with Crippen molar-refractivity contribution in [3.05, 3.63) is 28.8 Å². The van der Waals surface area contributed by atoms with Crippen LogP contribution < -0.4 is 5.32 Å². The topological polar surface area (TPSA) is 41.3 Å². The van der Waals surface area contributed by atoms with E-state index in [0.717, 1.165) is 49.1 Å². The predicted molar refractivity (Wildman–Crippen MR) is 88.8 cm³/mol. The quantitative estimate of drug-likeness (QED) is 0.684. The minimum atomic E-state index is 0.852. The lowest BCUT2D eigenvalue weighted by Crippen LogP contribution is -2.27. The zero-order valence-electron chi connectivity index (χ0n) is 13.0. The van der Waals surface area contributed by atoms with Crippen LogP contribution in [-0.4, -0.2) is 42.6 Å². The summed E-state index contributed by atoms with van der Waals surface area (Å²) in [5, 5.41) is 6.73. The number of aromatic nitrogens is 1. The Morgan fingerprint density at radius 3 is 2.86 bits per heavy atom. The van der Waals surface area contributed by atoms with E-state index in [1.165, 1.54) is 13.0 Å². The zero-order chi connectivity index (χ0) is 14.9. The maximum atomic E-state index is 5.36. The number of hydrogen-bond donors (Lipinski definition) is 1. The van der Waals surface area contributed by atoms with Gasteiger partial charge in [-0.25, -0.2) is 4.98 Å². The third-order valence-corrected chi connectivity index (χ3v) is 4.47. The molecule has 0 aliphatic rings. The van der Waals surface area contributed by atoms with E-state index < -0.39 is 0 Å². The van der Waals surface area contributed by atoms with Gasteiger partial charge in [-0.1, -0.05) is 13.8 Å². The van der Waals surface area contributed by atoms with Crippen molar-refractivity contribution in [3.8, 4) is 11.5 Å². The van der Waals surface area contributed by atoms with Crippen molar-refractivity contribution in [2.45, 2.75) is 26.7 Å². The molecule has 0 aromatic carbocycles. The molecule has 2 rings (SSSR count). The van der Waals surface area contributed by atoms with Gasteiger partial charge in [-0.15, -0.1) is 11.3 Å². The Bertz CT molecular complexity index is 491. The molecule has 0 fully saturated rings. The van der Waals surface area contributed by atoms with Crippen LogP contribution in [0.25, 0.3) is 11.5 Å². The summed E-state index contributed by atoms with van der Waals surface area (Å²) in [7, 11) is 0. The van der Waals surface area contributed by atoms with Crippen LogP contribution in [0.3, 0.4) is 0 Å². The molecule has 0 atom stereocenters. The summed E-state index contributed by atoms with van der Waals surface area (Å²) in [4.78, 5) is 7.06. The largest absolute Gasteiger partial charge is 0.463 e. The second-order valence-electron chi connectivity index (χ2n) is 4.98. The van der Waals surface area contributed by atoms with Crippen LogP contribution in [0.4, 0.5) is 0 Å². The molecule has 0 aliphatic heterocycles. The first kappa shape index (κ1) is 16.2. The van der Waals surface area contributed by atoms with E-state index >= 15 is 0 Å². The summed E-state index contributed by atoms with van der Waals surface area (Å²) in [5.41, 5.74) is 0.946. The Kier molecular flexibility index (Phi) is 6.92. The van der Waals surface area contributed by atoms with Gasteiger partial charge in [0.15, 0.2) is 5.76 Å². The highest BCUT2D eigenvalue weighted by molar-refractivity contribution is 7.09. The van der Waals surface area contributed by atoms with Crippen LogP contribution in [0.2, 0.25) is 0 Å². The van der Waals surface area contributed by atoms with Gasteiger partial charge in [0, 0.05) is 18.3 Å². The third-order valence-electron chi connectivity index (χ3n) is 3.56. The second-order valence-corrected chi connectivity index (χ2v) is 5.93. The first-order valence-corrected chi connectivity index (χ1v) is 8.62. The van der Waals surface area contributed by atoms with E-state index in [4.69, 9.17) is 4.42 Å². The van der Waals surface area contributed by atoms with E-state index in [1.54, 1.807) is 17.6 Å². The Balaban J connectivity index is 1.61. The van der Waals surface area contributed by atoms with Crippen molar-refractivity contribution in [2.75, 3.05) is 32.7 Å². The fraction of sp³-hybridized carbons (Fsp3) is 0.562. The summed E-state index contributed by atoms with van der Waals surface area (Å²) < 4.78 is 5.36. The Morgan fingerprint density at radius 2 is 2.14 bits per heavy atom. The summed E-state index contributed by atoms with van der Waals surface area (Å²) in [6.45, 7) is 9.97. The van der Waals surface area contributed by atoms with Crippen LogP contribution in [0.1, 0.15) is 25.3 Å². The molecular weight excluding hydrogens is 282 g/mol. The summed E-state index contributed by atoms with van der Waals surface area (Å²) in [6, 6.07) is 3.84. The van der Waals surface area contributed by atoms with E-state index in [2.05, 4.69) is 34.4 Å². The molecule has 21 heavy (non-hydrogen) atoms. The average molecular weight is 307 g/mol. The lowest BCUT2D eigenvalue weighted by Gasteiger charge is -2.17. The molecule has 1 N–H and O–H groups in total. The Morgan fingerprint density at radius 1 is 1.29 bits per heavy atom. The highest BCUT2D eigenvalue weighted by atomic mass is 32.1. The van der Waals surface area contributed by atoms with Gasteiger partial charge in [0.25, 0.3) is 0 Å². The molecule has 0 amide bonds. The molecule has 2 aromatic rings. The maximum Gasteiger partial charge on any atom is 0.153 e. The van der Waals surface area contributed by atoms with Crippen LogP contribution in [0.15, 0.2) is 28.2 Å². The fourth-order valence-electron chi connectivity index (χ4n) is 2.25. The van der Waals surface area contributed by atoms with Crippen molar-refractivity contribution in [3.63, 3.8) is 0 Å². The standard InChI is InChI=1S/C16H25N3OS/c1-3-19(4-2)11-6-9-17-10-8-16-18-14(13-21-16)15-7-5-12-20-15/h5,7,12-13,17H,3-4,6,8-11H2,1-2H3. The molecule has 0 unspecified atom stereocenters. The first-order chi connectivity index (χ1) is 10.3. The molecule has 0 saturated carbocycles. The van der Waals surface area contributed by atoms with Crippen LogP contribution >= 0.6 is 11.3 Å². The fourth-order valence-corrected chi connectivity index (χ4v) is 3.04. The highest BCUT2D eigenvalue weighted by Crippen LogP contribution is 2.22. The minimum Gasteiger partial charge on any atom is -0.463 e. The molecule has 4 nitrogen and oxygen atoms in total. The lowest BCUT2D eigenvalue weighted by atomic mass is 10.3. The number of hydrogen-bond acceptors (Lipinski definition) is 5. The minimum absolute atomic E-state index is 0.852. The number of nitrogens with zero attached hydrogens (tertiary/aromatic N) is 2. The van der Waals surface area contributed by atoms with Gasteiger partial charge in [-0.3, -0.25) is 0 Å². The first-order valence-electron chi connectivity index (χ1n) is 7.74. The zero-order valence-corrected chi connectivity index (χ0v) is 13.8. The summed E-state index contributed by atoms with van der Waals surface area (Å²) >= 11 is 1.70. The highest BCUT2D eigenvalue weighted by Gasteiger charge is 2.06. The molecule has 0 spiro atoms. The smallest absolute Gasteiger partial charge is 0.153 e. The van der Waals surface area contributed by atoms with Crippen LogP contribution in [0.5, 0.6) is 0 Å². The van der Waals surface area contributed by atoms with E-state index in [-0.39, 0.29) is 0 Å².